The molecule has 8 heteroatoms. The second kappa shape index (κ2) is 7.64. The number of hydrogen-bond donors (Lipinski definition) is 1. The second-order valence-corrected chi connectivity index (χ2v) is 7.37. The fourth-order valence-corrected chi connectivity index (χ4v) is 4.48. The van der Waals surface area contributed by atoms with Crippen molar-refractivity contribution in [3.05, 3.63) is 18.5 Å². The number of nitrogens with one attached hydrogen (secondary N) is 1. The van der Waals surface area contributed by atoms with E-state index in [4.69, 9.17) is 0 Å². The van der Waals surface area contributed by atoms with Gasteiger partial charge in [0.05, 0.1) is 5.41 Å². The van der Waals surface area contributed by atoms with Gasteiger partial charge in [-0.1, -0.05) is 6.92 Å². The summed E-state index contributed by atoms with van der Waals surface area (Å²) in [5.41, 5.74) is 0.148. The molecule has 6 nitrogen and oxygen atoms in total. The van der Waals surface area contributed by atoms with Gasteiger partial charge in [0, 0.05) is 38.6 Å². The standard InChI is InChI=1S/C17H25N5O.2ClH/c1-16(13-17(16)3-7-18-8-4-17)14(23)21-9-11-22(12-10-21)15-19-5-2-6-20-15;;/h2,5-6,18H,3-4,7-13H2,1H3;2*1H. The molecule has 0 radical (unpaired) electrons. The minimum absolute atomic E-state index is 0. The fourth-order valence-electron chi connectivity index (χ4n) is 4.48. The molecule has 1 aliphatic carbocycles. The van der Waals surface area contributed by atoms with E-state index in [1.807, 2.05) is 6.07 Å². The first-order chi connectivity index (χ1) is 11.1. The summed E-state index contributed by atoms with van der Waals surface area (Å²) in [4.78, 5) is 25.9. The largest absolute Gasteiger partial charge is 0.339 e. The van der Waals surface area contributed by atoms with Crippen LogP contribution in [0.1, 0.15) is 26.2 Å². The van der Waals surface area contributed by atoms with Crippen molar-refractivity contribution >= 4 is 36.7 Å². The SMILES string of the molecule is CC1(C(=O)N2CCN(c3ncccn3)CC2)CC12CCNCC2.Cl.Cl. The average molecular weight is 388 g/mol. The fraction of sp³-hybridized carbons (Fsp3) is 0.706. The van der Waals surface area contributed by atoms with Crippen molar-refractivity contribution in [1.29, 1.82) is 0 Å². The third-order valence-corrected chi connectivity index (χ3v) is 6.17. The number of nitrogens with zero attached hydrogens (tertiary/aromatic N) is 4. The molecule has 1 aromatic rings. The molecule has 3 heterocycles. The molecule has 3 fully saturated rings. The lowest BCUT2D eigenvalue weighted by Gasteiger charge is -2.37. The summed E-state index contributed by atoms with van der Waals surface area (Å²) in [7, 11) is 0. The Morgan fingerprint density at radius 3 is 2.28 bits per heavy atom. The number of piperazine rings is 1. The van der Waals surface area contributed by atoms with Crippen LogP contribution in [0.25, 0.3) is 0 Å². The molecular formula is C17H27Cl2N5O. The molecule has 3 aliphatic rings. The minimum Gasteiger partial charge on any atom is -0.339 e. The Hall–Kier alpha value is -1.11. The molecule has 0 aromatic carbocycles. The Bertz CT molecular complexity index is 588. The lowest BCUT2D eigenvalue weighted by atomic mass is 9.85. The van der Waals surface area contributed by atoms with E-state index >= 15 is 0 Å². The van der Waals surface area contributed by atoms with E-state index in [-0.39, 0.29) is 35.6 Å². The second-order valence-electron chi connectivity index (χ2n) is 7.37. The number of aromatic nitrogens is 2. The van der Waals surface area contributed by atoms with Crippen molar-refractivity contribution in [2.24, 2.45) is 10.8 Å². The summed E-state index contributed by atoms with van der Waals surface area (Å²) in [5, 5.41) is 3.42. The Morgan fingerprint density at radius 2 is 1.68 bits per heavy atom. The highest BCUT2D eigenvalue weighted by molar-refractivity contribution is 5.87. The molecule has 1 N–H and O–H groups in total. The Balaban J connectivity index is 0.00000113. The van der Waals surface area contributed by atoms with Crippen molar-refractivity contribution in [1.82, 2.24) is 20.2 Å². The van der Waals surface area contributed by atoms with Gasteiger partial charge < -0.3 is 15.1 Å². The maximum absolute atomic E-state index is 13.1. The number of amides is 1. The van der Waals surface area contributed by atoms with Gasteiger partial charge in [-0.05, 0) is 43.8 Å². The van der Waals surface area contributed by atoms with E-state index in [1.54, 1.807) is 12.4 Å². The van der Waals surface area contributed by atoms with Crippen molar-refractivity contribution in [2.45, 2.75) is 26.2 Å². The van der Waals surface area contributed by atoms with Crippen molar-refractivity contribution in [3.63, 3.8) is 0 Å². The zero-order valence-electron chi connectivity index (χ0n) is 14.6. The van der Waals surface area contributed by atoms with Crippen LogP contribution in [0.3, 0.4) is 0 Å². The van der Waals surface area contributed by atoms with E-state index in [9.17, 15) is 4.79 Å². The zero-order valence-corrected chi connectivity index (χ0v) is 16.2. The van der Waals surface area contributed by atoms with Crippen LogP contribution in [-0.4, -0.2) is 60.0 Å². The van der Waals surface area contributed by atoms with Crippen LogP contribution >= 0.6 is 24.8 Å². The van der Waals surface area contributed by atoms with Crippen LogP contribution in [0, 0.1) is 10.8 Å². The molecule has 1 aromatic heterocycles. The maximum atomic E-state index is 13.1. The van der Waals surface area contributed by atoms with E-state index < -0.39 is 0 Å². The first-order valence-corrected chi connectivity index (χ1v) is 8.67. The number of hydrogen-bond acceptors (Lipinski definition) is 5. The van der Waals surface area contributed by atoms with Gasteiger partial charge in [-0.3, -0.25) is 4.79 Å². The third-order valence-electron chi connectivity index (χ3n) is 6.17. The van der Waals surface area contributed by atoms with Crippen LogP contribution in [0.15, 0.2) is 18.5 Å². The maximum Gasteiger partial charge on any atom is 0.229 e. The summed E-state index contributed by atoms with van der Waals surface area (Å²) in [6.07, 6.45) is 6.90. The van der Waals surface area contributed by atoms with Gasteiger partial charge in [0.25, 0.3) is 0 Å². The molecule has 1 saturated carbocycles. The Labute approximate surface area is 161 Å². The summed E-state index contributed by atoms with van der Waals surface area (Å²) in [6.45, 7) is 7.50. The van der Waals surface area contributed by atoms with Gasteiger partial charge in [-0.2, -0.15) is 0 Å². The normalized spacial score (nSPS) is 27.2. The van der Waals surface area contributed by atoms with Gasteiger partial charge in [0.2, 0.25) is 11.9 Å². The third kappa shape index (κ3) is 3.44. The molecule has 1 unspecified atom stereocenters. The predicted octanol–water partition coefficient (Wildman–Crippen LogP) is 1.75. The van der Waals surface area contributed by atoms with Gasteiger partial charge in [-0.15, -0.1) is 24.8 Å². The van der Waals surface area contributed by atoms with Crippen LogP contribution < -0.4 is 10.2 Å². The lowest BCUT2D eigenvalue weighted by molar-refractivity contribution is -0.138. The lowest BCUT2D eigenvalue weighted by Crippen LogP contribution is -2.52. The number of piperidine rings is 1. The molecule has 25 heavy (non-hydrogen) atoms. The molecule has 1 spiro atoms. The quantitative estimate of drug-likeness (QED) is 0.837. The number of carbonyl (C=O) groups is 1. The van der Waals surface area contributed by atoms with E-state index in [0.717, 1.165) is 64.5 Å². The van der Waals surface area contributed by atoms with Crippen LogP contribution in [0.2, 0.25) is 0 Å². The van der Waals surface area contributed by atoms with Crippen molar-refractivity contribution in [2.75, 3.05) is 44.2 Å². The van der Waals surface area contributed by atoms with E-state index in [2.05, 4.69) is 32.0 Å². The van der Waals surface area contributed by atoms with Gasteiger partial charge in [0.15, 0.2) is 0 Å². The summed E-state index contributed by atoms with van der Waals surface area (Å²) >= 11 is 0. The van der Waals surface area contributed by atoms with Crippen LogP contribution in [0.4, 0.5) is 5.95 Å². The molecule has 2 saturated heterocycles. The molecule has 2 aliphatic heterocycles. The predicted molar refractivity (Wildman–Crippen MR) is 103 cm³/mol. The highest BCUT2D eigenvalue weighted by Crippen LogP contribution is 2.69. The summed E-state index contributed by atoms with van der Waals surface area (Å²) < 4.78 is 0. The topological polar surface area (TPSA) is 61.4 Å². The first-order valence-electron chi connectivity index (χ1n) is 8.67. The monoisotopic (exact) mass is 387 g/mol. The number of anilines is 1. The van der Waals surface area contributed by atoms with E-state index in [1.165, 1.54) is 0 Å². The van der Waals surface area contributed by atoms with Crippen molar-refractivity contribution in [3.8, 4) is 0 Å². The minimum atomic E-state index is -0.124. The van der Waals surface area contributed by atoms with Gasteiger partial charge in [-0.25, -0.2) is 9.97 Å². The Kier molecular flexibility index (Phi) is 6.17. The first kappa shape index (κ1) is 20.2. The van der Waals surface area contributed by atoms with Crippen LogP contribution in [-0.2, 0) is 4.79 Å². The van der Waals surface area contributed by atoms with Crippen molar-refractivity contribution < 1.29 is 4.79 Å². The molecule has 140 valence electrons. The molecule has 1 atom stereocenters. The number of carbonyl (C=O) groups excluding carboxylic acids is 1. The van der Waals surface area contributed by atoms with Crippen LogP contribution in [0.5, 0.6) is 0 Å². The smallest absolute Gasteiger partial charge is 0.229 e. The van der Waals surface area contributed by atoms with E-state index in [0.29, 0.717) is 5.91 Å². The molecule has 4 rings (SSSR count). The zero-order chi connectivity index (χ0) is 15.9. The number of halogens is 2. The van der Waals surface area contributed by atoms with Gasteiger partial charge >= 0.3 is 0 Å². The number of rotatable bonds is 2. The average Bonchev–Trinajstić information content (AvgIpc) is 3.19. The molecular weight excluding hydrogens is 361 g/mol. The molecule has 0 bridgehead atoms. The summed E-state index contributed by atoms with van der Waals surface area (Å²) in [5.74, 6) is 1.14. The highest BCUT2D eigenvalue weighted by Gasteiger charge is 2.68. The Morgan fingerprint density at radius 1 is 1.08 bits per heavy atom. The molecule has 1 amide bonds. The summed E-state index contributed by atoms with van der Waals surface area (Å²) in [6, 6.07) is 1.83. The van der Waals surface area contributed by atoms with Gasteiger partial charge in [0.1, 0.15) is 0 Å². The highest BCUT2D eigenvalue weighted by atomic mass is 35.5.